The standard InChI is InChI=1S/C22H26N4O5S2/c1-3-14-31-18-9-8-16(15-19(18)30-4-2)22(27)25-10-12-26(13-11-25)33(28,29)20-7-5-6-17-21(20)24-32-23-17/h5-9,15H,3-4,10-14H2,1-2H3. The van der Waals surface area contributed by atoms with Crippen molar-refractivity contribution in [1.82, 2.24) is 18.0 Å². The van der Waals surface area contributed by atoms with Gasteiger partial charge in [-0.3, -0.25) is 4.79 Å². The van der Waals surface area contributed by atoms with Crippen molar-refractivity contribution in [2.45, 2.75) is 25.2 Å². The van der Waals surface area contributed by atoms with E-state index in [1.807, 2.05) is 13.8 Å². The second kappa shape index (κ2) is 10.0. The topological polar surface area (TPSA) is 102 Å². The molecule has 1 aromatic heterocycles. The smallest absolute Gasteiger partial charge is 0.254 e. The van der Waals surface area contributed by atoms with Crippen LogP contribution < -0.4 is 9.47 Å². The third-order valence-corrected chi connectivity index (χ3v) is 7.82. The molecule has 1 saturated heterocycles. The van der Waals surface area contributed by atoms with Gasteiger partial charge < -0.3 is 14.4 Å². The number of fused-ring (bicyclic) bond motifs is 1. The number of benzene rings is 2. The van der Waals surface area contributed by atoms with Gasteiger partial charge in [-0.2, -0.15) is 13.1 Å². The maximum absolute atomic E-state index is 13.2. The molecule has 0 N–H and O–H groups in total. The highest BCUT2D eigenvalue weighted by molar-refractivity contribution is 7.89. The summed E-state index contributed by atoms with van der Waals surface area (Å²) in [5.41, 5.74) is 1.43. The van der Waals surface area contributed by atoms with Crippen LogP contribution in [0.1, 0.15) is 30.6 Å². The highest BCUT2D eigenvalue weighted by Gasteiger charge is 2.32. The lowest BCUT2D eigenvalue weighted by Gasteiger charge is -2.34. The first-order chi connectivity index (χ1) is 16.0. The number of rotatable bonds is 8. The molecule has 0 radical (unpaired) electrons. The third-order valence-electron chi connectivity index (χ3n) is 5.34. The molecule has 9 nitrogen and oxygen atoms in total. The Labute approximate surface area is 197 Å². The lowest BCUT2D eigenvalue weighted by molar-refractivity contribution is 0.0697. The summed E-state index contributed by atoms with van der Waals surface area (Å²) in [5.74, 6) is 0.973. The maximum Gasteiger partial charge on any atom is 0.254 e. The second-order valence-corrected chi connectivity index (χ2v) is 9.96. The first-order valence-electron chi connectivity index (χ1n) is 10.9. The molecule has 0 atom stereocenters. The minimum Gasteiger partial charge on any atom is -0.490 e. The fourth-order valence-electron chi connectivity index (χ4n) is 3.68. The lowest BCUT2D eigenvalue weighted by atomic mass is 10.1. The molecule has 2 aromatic carbocycles. The van der Waals surface area contributed by atoms with Crippen LogP contribution >= 0.6 is 11.7 Å². The van der Waals surface area contributed by atoms with Gasteiger partial charge in [-0.05, 0) is 43.7 Å². The number of carbonyl (C=O) groups is 1. The fourth-order valence-corrected chi connectivity index (χ4v) is 5.86. The van der Waals surface area contributed by atoms with E-state index in [0.717, 1.165) is 18.1 Å². The Kier molecular flexibility index (Phi) is 7.11. The van der Waals surface area contributed by atoms with Gasteiger partial charge in [0, 0.05) is 31.7 Å². The summed E-state index contributed by atoms with van der Waals surface area (Å²) in [6, 6.07) is 10.1. The predicted octanol–water partition coefficient (Wildman–Crippen LogP) is 3.03. The summed E-state index contributed by atoms with van der Waals surface area (Å²) in [6.07, 6.45) is 0.868. The van der Waals surface area contributed by atoms with Gasteiger partial charge in [0.15, 0.2) is 11.5 Å². The molecule has 0 aliphatic carbocycles. The zero-order valence-electron chi connectivity index (χ0n) is 18.6. The molecule has 4 rings (SSSR count). The average molecular weight is 491 g/mol. The van der Waals surface area contributed by atoms with Crippen LogP contribution in [0.25, 0.3) is 11.0 Å². The molecule has 0 saturated carbocycles. The van der Waals surface area contributed by atoms with Gasteiger partial charge in [-0.15, -0.1) is 0 Å². The SMILES string of the molecule is CCCOc1ccc(C(=O)N2CCN(S(=O)(=O)c3cccc4nsnc34)CC2)cc1OCC. The van der Waals surface area contributed by atoms with Gasteiger partial charge in [0.05, 0.1) is 24.9 Å². The first-order valence-corrected chi connectivity index (χ1v) is 13.0. The van der Waals surface area contributed by atoms with Gasteiger partial charge in [-0.25, -0.2) is 8.42 Å². The number of sulfonamides is 1. The number of hydrogen-bond donors (Lipinski definition) is 0. The molecule has 1 aliphatic rings. The zero-order valence-corrected chi connectivity index (χ0v) is 20.2. The van der Waals surface area contributed by atoms with Crippen LogP contribution in [0.5, 0.6) is 11.5 Å². The quantitative estimate of drug-likeness (QED) is 0.478. The van der Waals surface area contributed by atoms with E-state index in [-0.39, 0.29) is 23.9 Å². The van der Waals surface area contributed by atoms with Gasteiger partial charge in [0.1, 0.15) is 15.9 Å². The van der Waals surface area contributed by atoms with E-state index < -0.39 is 10.0 Å². The van der Waals surface area contributed by atoms with Crippen molar-refractivity contribution in [3.05, 3.63) is 42.0 Å². The molecule has 0 bridgehead atoms. The molecule has 2 heterocycles. The van der Waals surface area contributed by atoms with Gasteiger partial charge >= 0.3 is 0 Å². The summed E-state index contributed by atoms with van der Waals surface area (Å²) in [6.45, 7) is 5.91. The zero-order chi connectivity index (χ0) is 23.4. The summed E-state index contributed by atoms with van der Waals surface area (Å²) in [5, 5.41) is 0. The van der Waals surface area contributed by atoms with E-state index >= 15 is 0 Å². The molecule has 11 heteroatoms. The third kappa shape index (κ3) is 4.80. The summed E-state index contributed by atoms with van der Waals surface area (Å²) >= 11 is 0.986. The number of aromatic nitrogens is 2. The van der Waals surface area contributed by atoms with Crippen molar-refractivity contribution in [2.75, 3.05) is 39.4 Å². The summed E-state index contributed by atoms with van der Waals surface area (Å²) in [7, 11) is -3.74. The number of carbonyl (C=O) groups excluding carboxylic acids is 1. The van der Waals surface area contributed by atoms with Crippen molar-refractivity contribution in [2.24, 2.45) is 0 Å². The van der Waals surface area contributed by atoms with Crippen LogP contribution in [0.3, 0.4) is 0 Å². The van der Waals surface area contributed by atoms with Gasteiger partial charge in [0.25, 0.3) is 5.91 Å². The van der Waals surface area contributed by atoms with Crippen molar-refractivity contribution >= 4 is 38.7 Å². The molecular formula is C22H26N4O5S2. The minimum atomic E-state index is -3.74. The highest BCUT2D eigenvalue weighted by atomic mass is 32.2. The van der Waals surface area contributed by atoms with Crippen LogP contribution in [0.4, 0.5) is 0 Å². The number of ether oxygens (including phenoxy) is 2. The van der Waals surface area contributed by atoms with Crippen LogP contribution in [0, 0.1) is 0 Å². The van der Waals surface area contributed by atoms with E-state index in [1.165, 1.54) is 4.31 Å². The molecule has 0 spiro atoms. The lowest BCUT2D eigenvalue weighted by Crippen LogP contribution is -2.50. The second-order valence-electron chi connectivity index (χ2n) is 7.53. The normalized spacial score (nSPS) is 15.0. The Morgan fingerprint density at radius 1 is 1.03 bits per heavy atom. The van der Waals surface area contributed by atoms with Crippen molar-refractivity contribution in [1.29, 1.82) is 0 Å². The molecular weight excluding hydrogens is 464 g/mol. The van der Waals surface area contributed by atoms with Crippen molar-refractivity contribution < 1.29 is 22.7 Å². The number of nitrogens with zero attached hydrogens (tertiary/aromatic N) is 4. The molecule has 1 amide bonds. The van der Waals surface area contributed by atoms with Crippen LogP contribution in [0.15, 0.2) is 41.3 Å². The Morgan fingerprint density at radius 2 is 1.82 bits per heavy atom. The van der Waals surface area contributed by atoms with E-state index in [4.69, 9.17) is 9.47 Å². The van der Waals surface area contributed by atoms with E-state index in [0.29, 0.717) is 54.4 Å². The Bertz CT molecular complexity index is 1240. The van der Waals surface area contributed by atoms with E-state index in [9.17, 15) is 13.2 Å². The number of hydrogen-bond acceptors (Lipinski definition) is 8. The Morgan fingerprint density at radius 3 is 2.55 bits per heavy atom. The minimum absolute atomic E-state index is 0.151. The molecule has 176 valence electrons. The summed E-state index contributed by atoms with van der Waals surface area (Å²) in [4.78, 5) is 14.9. The van der Waals surface area contributed by atoms with Gasteiger partial charge in [-0.1, -0.05) is 13.0 Å². The molecule has 0 unspecified atom stereocenters. The largest absolute Gasteiger partial charge is 0.490 e. The average Bonchev–Trinajstić information content (AvgIpc) is 3.32. The van der Waals surface area contributed by atoms with E-state index in [2.05, 4.69) is 8.75 Å². The molecule has 1 aliphatic heterocycles. The van der Waals surface area contributed by atoms with Crippen LogP contribution in [-0.2, 0) is 10.0 Å². The summed E-state index contributed by atoms with van der Waals surface area (Å²) < 4.78 is 47.5. The monoisotopic (exact) mass is 490 g/mol. The van der Waals surface area contributed by atoms with Crippen LogP contribution in [-0.4, -0.2) is 71.7 Å². The van der Waals surface area contributed by atoms with Crippen LogP contribution in [0.2, 0.25) is 0 Å². The van der Waals surface area contributed by atoms with E-state index in [1.54, 1.807) is 41.3 Å². The molecule has 3 aromatic rings. The predicted molar refractivity (Wildman–Crippen MR) is 125 cm³/mol. The first kappa shape index (κ1) is 23.4. The van der Waals surface area contributed by atoms with Gasteiger partial charge in [0.2, 0.25) is 10.0 Å². The Hall–Kier alpha value is -2.76. The molecule has 1 fully saturated rings. The Balaban J connectivity index is 1.47. The maximum atomic E-state index is 13.2. The number of piperazine rings is 1. The number of amides is 1. The van der Waals surface area contributed by atoms with Crippen molar-refractivity contribution in [3.8, 4) is 11.5 Å². The van der Waals surface area contributed by atoms with Crippen molar-refractivity contribution in [3.63, 3.8) is 0 Å². The molecule has 33 heavy (non-hydrogen) atoms. The highest BCUT2D eigenvalue weighted by Crippen LogP contribution is 2.30. The fraction of sp³-hybridized carbons (Fsp3) is 0.409.